The van der Waals surface area contributed by atoms with Gasteiger partial charge in [0.1, 0.15) is 0 Å². The van der Waals surface area contributed by atoms with Gasteiger partial charge in [0.2, 0.25) is 0 Å². The third-order valence-electron chi connectivity index (χ3n) is 4.43. The van der Waals surface area contributed by atoms with Gasteiger partial charge in [0.15, 0.2) is 0 Å². The molecule has 110 valence electrons. The second kappa shape index (κ2) is 6.72. The van der Waals surface area contributed by atoms with Crippen molar-refractivity contribution in [3.8, 4) is 0 Å². The molecule has 1 aromatic heterocycles. The van der Waals surface area contributed by atoms with E-state index < -0.39 is 0 Å². The topological polar surface area (TPSA) is 42.1 Å². The fourth-order valence-electron chi connectivity index (χ4n) is 3.20. The molecule has 1 aromatic carbocycles. The van der Waals surface area contributed by atoms with Gasteiger partial charge >= 0.3 is 0 Å². The summed E-state index contributed by atoms with van der Waals surface area (Å²) in [4.78, 5) is 6.70. The van der Waals surface area contributed by atoms with E-state index >= 15 is 0 Å². The second-order valence-electron chi connectivity index (χ2n) is 5.83. The molecule has 1 aliphatic heterocycles. The maximum atomic E-state index is 5.83. The number of piperidine rings is 1. The van der Waals surface area contributed by atoms with Crippen LogP contribution in [0.2, 0.25) is 0 Å². The summed E-state index contributed by atoms with van der Waals surface area (Å²) in [6.45, 7) is 2.80. The lowest BCUT2D eigenvalue weighted by atomic mass is 9.90. The largest absolute Gasteiger partial charge is 0.370 e. The van der Waals surface area contributed by atoms with E-state index in [-0.39, 0.29) is 0 Å². The SMILES string of the molecule is NCc1ccncc1N1CCC(Cc2ccccc2)CC1. The Balaban J connectivity index is 1.60. The number of benzene rings is 1. The van der Waals surface area contributed by atoms with E-state index in [4.69, 9.17) is 5.73 Å². The van der Waals surface area contributed by atoms with Crippen molar-refractivity contribution in [2.24, 2.45) is 11.7 Å². The molecule has 0 atom stereocenters. The number of aromatic nitrogens is 1. The van der Waals surface area contributed by atoms with Crippen molar-refractivity contribution < 1.29 is 0 Å². The molecule has 0 amide bonds. The normalized spacial score (nSPS) is 16.1. The van der Waals surface area contributed by atoms with Crippen molar-refractivity contribution in [3.63, 3.8) is 0 Å². The quantitative estimate of drug-likeness (QED) is 0.936. The minimum absolute atomic E-state index is 0.585. The van der Waals surface area contributed by atoms with Gasteiger partial charge in [-0.3, -0.25) is 4.98 Å². The van der Waals surface area contributed by atoms with Gasteiger partial charge in [0, 0.05) is 25.8 Å². The highest BCUT2D eigenvalue weighted by molar-refractivity contribution is 5.51. The van der Waals surface area contributed by atoms with Crippen LogP contribution in [0, 0.1) is 5.92 Å². The lowest BCUT2D eigenvalue weighted by Gasteiger charge is -2.34. The van der Waals surface area contributed by atoms with Gasteiger partial charge in [0.25, 0.3) is 0 Å². The Morgan fingerprint density at radius 1 is 1.10 bits per heavy atom. The molecule has 0 unspecified atom stereocenters. The molecule has 0 spiro atoms. The first-order chi connectivity index (χ1) is 10.4. The van der Waals surface area contributed by atoms with Crippen LogP contribution in [-0.4, -0.2) is 18.1 Å². The molecule has 3 heteroatoms. The van der Waals surface area contributed by atoms with Crippen molar-refractivity contribution in [3.05, 3.63) is 59.9 Å². The Hall–Kier alpha value is -1.87. The van der Waals surface area contributed by atoms with E-state index in [1.165, 1.54) is 36.1 Å². The summed E-state index contributed by atoms with van der Waals surface area (Å²) < 4.78 is 0. The Morgan fingerprint density at radius 2 is 1.86 bits per heavy atom. The molecule has 1 saturated heterocycles. The van der Waals surface area contributed by atoms with E-state index in [1.54, 1.807) is 0 Å². The molecule has 1 aliphatic rings. The number of pyridine rings is 1. The molecule has 3 nitrogen and oxygen atoms in total. The van der Waals surface area contributed by atoms with Crippen molar-refractivity contribution in [2.45, 2.75) is 25.8 Å². The van der Waals surface area contributed by atoms with E-state index in [1.807, 2.05) is 18.5 Å². The first kappa shape index (κ1) is 14.1. The molecule has 2 heterocycles. The lowest BCUT2D eigenvalue weighted by molar-refractivity contribution is 0.403. The highest BCUT2D eigenvalue weighted by Gasteiger charge is 2.21. The third kappa shape index (κ3) is 3.42. The Labute approximate surface area is 126 Å². The number of hydrogen-bond donors (Lipinski definition) is 1. The molecule has 21 heavy (non-hydrogen) atoms. The molecule has 0 bridgehead atoms. The summed E-state index contributed by atoms with van der Waals surface area (Å²) in [6, 6.07) is 12.9. The van der Waals surface area contributed by atoms with Crippen LogP contribution in [0.1, 0.15) is 24.0 Å². The zero-order chi connectivity index (χ0) is 14.5. The van der Waals surface area contributed by atoms with Crippen LogP contribution in [0.3, 0.4) is 0 Å². The predicted molar refractivity (Wildman–Crippen MR) is 87.2 cm³/mol. The smallest absolute Gasteiger partial charge is 0.0598 e. The predicted octanol–water partition coefficient (Wildman–Crippen LogP) is 3.00. The maximum absolute atomic E-state index is 5.83. The minimum Gasteiger partial charge on any atom is -0.370 e. The summed E-state index contributed by atoms with van der Waals surface area (Å²) >= 11 is 0. The van der Waals surface area contributed by atoms with Crippen LogP contribution in [0.4, 0.5) is 5.69 Å². The molecule has 0 saturated carbocycles. The fraction of sp³-hybridized carbons (Fsp3) is 0.389. The number of rotatable bonds is 4. The average Bonchev–Trinajstić information content (AvgIpc) is 2.56. The van der Waals surface area contributed by atoms with Gasteiger partial charge in [-0.1, -0.05) is 30.3 Å². The molecule has 0 radical (unpaired) electrons. The summed E-state index contributed by atoms with van der Waals surface area (Å²) in [6.07, 6.45) is 7.47. The van der Waals surface area contributed by atoms with Crippen LogP contribution in [-0.2, 0) is 13.0 Å². The van der Waals surface area contributed by atoms with Crippen molar-refractivity contribution >= 4 is 5.69 Å². The van der Waals surface area contributed by atoms with E-state index in [9.17, 15) is 0 Å². The van der Waals surface area contributed by atoms with Gasteiger partial charge in [-0.25, -0.2) is 0 Å². The number of nitrogens with zero attached hydrogens (tertiary/aromatic N) is 2. The summed E-state index contributed by atoms with van der Waals surface area (Å²) in [5, 5.41) is 0. The zero-order valence-corrected chi connectivity index (χ0v) is 12.4. The van der Waals surface area contributed by atoms with Crippen molar-refractivity contribution in [2.75, 3.05) is 18.0 Å². The maximum Gasteiger partial charge on any atom is 0.0598 e. The minimum atomic E-state index is 0.585. The van der Waals surface area contributed by atoms with Crippen LogP contribution in [0.5, 0.6) is 0 Å². The molecule has 2 aromatic rings. The van der Waals surface area contributed by atoms with Crippen LogP contribution in [0.15, 0.2) is 48.8 Å². The van der Waals surface area contributed by atoms with Crippen LogP contribution in [0.25, 0.3) is 0 Å². The first-order valence-corrected chi connectivity index (χ1v) is 7.78. The van der Waals surface area contributed by atoms with E-state index in [0.29, 0.717) is 6.54 Å². The van der Waals surface area contributed by atoms with Gasteiger partial charge in [0.05, 0.1) is 11.9 Å². The van der Waals surface area contributed by atoms with Crippen LogP contribution >= 0.6 is 0 Å². The third-order valence-corrected chi connectivity index (χ3v) is 4.43. The summed E-state index contributed by atoms with van der Waals surface area (Å²) in [5.74, 6) is 0.793. The Bertz CT molecular complexity index is 560. The number of hydrogen-bond acceptors (Lipinski definition) is 3. The highest BCUT2D eigenvalue weighted by Crippen LogP contribution is 2.27. The molecule has 2 N–H and O–H groups in total. The Kier molecular flexibility index (Phi) is 4.51. The number of nitrogens with two attached hydrogens (primary N) is 1. The summed E-state index contributed by atoms with van der Waals surface area (Å²) in [7, 11) is 0. The molecular formula is C18H23N3. The first-order valence-electron chi connectivity index (χ1n) is 7.78. The second-order valence-corrected chi connectivity index (χ2v) is 5.83. The van der Waals surface area contributed by atoms with E-state index in [2.05, 4.69) is 40.2 Å². The zero-order valence-electron chi connectivity index (χ0n) is 12.4. The van der Waals surface area contributed by atoms with Crippen molar-refractivity contribution in [1.82, 2.24) is 4.98 Å². The molecule has 1 fully saturated rings. The van der Waals surface area contributed by atoms with Gasteiger partial charge in [-0.15, -0.1) is 0 Å². The van der Waals surface area contributed by atoms with Crippen molar-refractivity contribution in [1.29, 1.82) is 0 Å². The molecule has 3 rings (SSSR count). The average molecular weight is 281 g/mol. The van der Waals surface area contributed by atoms with E-state index in [0.717, 1.165) is 19.0 Å². The van der Waals surface area contributed by atoms with Gasteiger partial charge in [-0.05, 0) is 42.4 Å². The summed E-state index contributed by atoms with van der Waals surface area (Å²) in [5.41, 5.74) is 9.71. The highest BCUT2D eigenvalue weighted by atomic mass is 15.1. The monoisotopic (exact) mass is 281 g/mol. The standard InChI is InChI=1S/C18H23N3/c19-13-17-6-9-20-14-18(17)21-10-7-16(8-11-21)12-15-4-2-1-3-5-15/h1-6,9,14,16H,7-8,10-13,19H2. The molecule has 0 aliphatic carbocycles. The van der Waals surface area contributed by atoms with Crippen LogP contribution < -0.4 is 10.6 Å². The fourth-order valence-corrected chi connectivity index (χ4v) is 3.20. The van der Waals surface area contributed by atoms with Gasteiger partial charge in [-0.2, -0.15) is 0 Å². The Morgan fingerprint density at radius 3 is 2.57 bits per heavy atom. The molecular weight excluding hydrogens is 258 g/mol. The number of anilines is 1. The lowest BCUT2D eigenvalue weighted by Crippen LogP contribution is -2.35. The van der Waals surface area contributed by atoms with Gasteiger partial charge < -0.3 is 10.6 Å².